The minimum absolute atomic E-state index is 0.259. The molecule has 0 amide bonds. The van der Waals surface area contributed by atoms with Gasteiger partial charge in [0.15, 0.2) is 0 Å². The Balaban J connectivity index is 2.70. The monoisotopic (exact) mass is 237 g/mol. The third kappa shape index (κ3) is 4.36. The van der Waals surface area contributed by atoms with Gasteiger partial charge in [-0.05, 0) is 26.0 Å². The number of hydrogen-bond acceptors (Lipinski definition) is 3. The van der Waals surface area contributed by atoms with E-state index in [0.717, 1.165) is 17.9 Å². The lowest BCUT2D eigenvalue weighted by Crippen LogP contribution is -2.20. The molecule has 0 aliphatic carbocycles. The van der Waals surface area contributed by atoms with Gasteiger partial charge in [0.05, 0.1) is 6.10 Å². The van der Waals surface area contributed by atoms with Crippen molar-refractivity contribution in [3.63, 3.8) is 0 Å². The maximum absolute atomic E-state index is 9.51. The Morgan fingerprint density at radius 1 is 1.29 bits per heavy atom. The summed E-state index contributed by atoms with van der Waals surface area (Å²) in [6.45, 7) is 7.42. The first-order chi connectivity index (χ1) is 8.19. The van der Waals surface area contributed by atoms with Crippen LogP contribution in [0, 0.1) is 0 Å². The second kappa shape index (κ2) is 7.30. The first-order valence-corrected chi connectivity index (χ1v) is 6.32. The highest BCUT2D eigenvalue weighted by atomic mass is 16.5. The van der Waals surface area contributed by atoms with E-state index in [9.17, 15) is 5.11 Å². The summed E-state index contributed by atoms with van der Waals surface area (Å²) < 4.78 is 5.67. The van der Waals surface area contributed by atoms with Crippen molar-refractivity contribution in [1.29, 1.82) is 0 Å². The second-order valence-corrected chi connectivity index (χ2v) is 4.19. The molecular formula is C14H23NO2. The number of rotatable bonds is 7. The maximum Gasteiger partial charge on any atom is 0.124 e. The van der Waals surface area contributed by atoms with Crippen LogP contribution in [-0.4, -0.2) is 24.4 Å². The molecule has 0 aliphatic rings. The molecule has 0 saturated heterocycles. The minimum atomic E-state index is -0.391. The fourth-order valence-electron chi connectivity index (χ4n) is 1.69. The van der Waals surface area contributed by atoms with Crippen molar-refractivity contribution in [1.82, 2.24) is 5.32 Å². The number of ether oxygens (including phenoxy) is 1. The van der Waals surface area contributed by atoms with E-state index in [-0.39, 0.29) is 6.04 Å². The molecule has 0 fully saturated rings. The lowest BCUT2D eigenvalue weighted by molar-refractivity contribution is 0.103. The van der Waals surface area contributed by atoms with Crippen molar-refractivity contribution in [3.05, 3.63) is 29.8 Å². The zero-order valence-corrected chi connectivity index (χ0v) is 10.9. The Morgan fingerprint density at radius 3 is 2.65 bits per heavy atom. The highest BCUT2D eigenvalue weighted by Gasteiger charge is 2.11. The third-order valence-electron chi connectivity index (χ3n) is 2.80. The molecule has 1 rings (SSSR count). The molecular weight excluding hydrogens is 214 g/mol. The Kier molecular flexibility index (Phi) is 6.01. The molecule has 3 heteroatoms. The van der Waals surface area contributed by atoms with Gasteiger partial charge in [-0.3, -0.25) is 0 Å². The summed E-state index contributed by atoms with van der Waals surface area (Å²) in [5.41, 5.74) is 1.14. The van der Waals surface area contributed by atoms with Gasteiger partial charge in [0.2, 0.25) is 0 Å². The summed E-state index contributed by atoms with van der Waals surface area (Å²) in [4.78, 5) is 0. The molecule has 0 heterocycles. The number of para-hydroxylation sites is 1. The van der Waals surface area contributed by atoms with Crippen molar-refractivity contribution in [2.45, 2.75) is 39.3 Å². The standard InChI is InChI=1S/C14H23NO2/c1-4-12(16)10-17-14-9-7-6-8-13(14)11(3)15-5-2/h6-9,11-12,15-16H,4-5,10H2,1-3H3. The van der Waals surface area contributed by atoms with Crippen molar-refractivity contribution in [3.8, 4) is 5.75 Å². The second-order valence-electron chi connectivity index (χ2n) is 4.19. The highest BCUT2D eigenvalue weighted by Crippen LogP contribution is 2.24. The van der Waals surface area contributed by atoms with Gasteiger partial charge >= 0.3 is 0 Å². The molecule has 1 aromatic rings. The zero-order valence-electron chi connectivity index (χ0n) is 10.9. The number of nitrogens with one attached hydrogen (secondary N) is 1. The van der Waals surface area contributed by atoms with Gasteiger partial charge in [-0.1, -0.05) is 32.0 Å². The average molecular weight is 237 g/mol. The summed E-state index contributed by atoms with van der Waals surface area (Å²) in [5.74, 6) is 0.855. The lowest BCUT2D eigenvalue weighted by Gasteiger charge is -2.18. The molecule has 17 heavy (non-hydrogen) atoms. The highest BCUT2D eigenvalue weighted by molar-refractivity contribution is 5.35. The van der Waals surface area contributed by atoms with Crippen LogP contribution in [0.25, 0.3) is 0 Å². The smallest absolute Gasteiger partial charge is 0.124 e. The summed E-state index contributed by atoms with van der Waals surface area (Å²) in [6.07, 6.45) is 0.322. The number of aliphatic hydroxyl groups excluding tert-OH is 1. The molecule has 3 nitrogen and oxygen atoms in total. The molecule has 2 atom stereocenters. The Labute approximate surface area is 104 Å². The Morgan fingerprint density at radius 2 is 2.00 bits per heavy atom. The third-order valence-corrected chi connectivity index (χ3v) is 2.80. The molecule has 0 aromatic heterocycles. The molecule has 1 aromatic carbocycles. The van der Waals surface area contributed by atoms with E-state index >= 15 is 0 Å². The van der Waals surface area contributed by atoms with Crippen LogP contribution in [0.1, 0.15) is 38.8 Å². The summed E-state index contributed by atoms with van der Waals surface area (Å²) in [5, 5.41) is 12.9. The fraction of sp³-hybridized carbons (Fsp3) is 0.571. The van der Waals surface area contributed by atoms with Gasteiger partial charge in [-0.25, -0.2) is 0 Å². The van der Waals surface area contributed by atoms with Crippen LogP contribution in [0.4, 0.5) is 0 Å². The lowest BCUT2D eigenvalue weighted by atomic mass is 10.1. The number of aliphatic hydroxyl groups is 1. The molecule has 2 unspecified atom stereocenters. The van der Waals surface area contributed by atoms with E-state index < -0.39 is 6.10 Å². The van der Waals surface area contributed by atoms with Crippen LogP contribution in [0.5, 0.6) is 5.75 Å². The quantitative estimate of drug-likeness (QED) is 0.765. The van der Waals surface area contributed by atoms with Crippen LogP contribution in [0.3, 0.4) is 0 Å². The van der Waals surface area contributed by atoms with Gasteiger partial charge < -0.3 is 15.2 Å². The SMILES string of the molecule is CCNC(C)c1ccccc1OCC(O)CC. The average Bonchev–Trinajstić information content (AvgIpc) is 2.36. The maximum atomic E-state index is 9.51. The Bertz CT molecular complexity index is 328. The molecule has 0 aliphatic heterocycles. The van der Waals surface area contributed by atoms with Gasteiger partial charge in [0, 0.05) is 11.6 Å². The van der Waals surface area contributed by atoms with Crippen LogP contribution in [0.15, 0.2) is 24.3 Å². The zero-order chi connectivity index (χ0) is 12.7. The molecule has 0 spiro atoms. The first kappa shape index (κ1) is 14.0. The first-order valence-electron chi connectivity index (χ1n) is 6.32. The van der Waals surface area contributed by atoms with Crippen molar-refractivity contribution in [2.24, 2.45) is 0 Å². The van der Waals surface area contributed by atoms with Gasteiger partial charge in [-0.15, -0.1) is 0 Å². The molecule has 0 saturated carbocycles. The van der Waals surface area contributed by atoms with Crippen molar-refractivity contribution in [2.75, 3.05) is 13.2 Å². The van der Waals surface area contributed by atoms with Crippen LogP contribution in [-0.2, 0) is 0 Å². The van der Waals surface area contributed by atoms with E-state index in [4.69, 9.17) is 4.74 Å². The molecule has 0 radical (unpaired) electrons. The Hall–Kier alpha value is -1.06. The largest absolute Gasteiger partial charge is 0.491 e. The van der Waals surface area contributed by atoms with Crippen molar-refractivity contribution < 1.29 is 9.84 Å². The van der Waals surface area contributed by atoms with Crippen LogP contribution >= 0.6 is 0 Å². The van der Waals surface area contributed by atoms with E-state index in [0.29, 0.717) is 13.0 Å². The minimum Gasteiger partial charge on any atom is -0.491 e. The molecule has 0 bridgehead atoms. The van der Waals surface area contributed by atoms with Crippen LogP contribution < -0.4 is 10.1 Å². The normalized spacial score (nSPS) is 14.4. The molecule has 2 N–H and O–H groups in total. The number of hydrogen-bond donors (Lipinski definition) is 2. The predicted octanol–water partition coefficient (Wildman–Crippen LogP) is 2.51. The van der Waals surface area contributed by atoms with E-state index in [1.165, 1.54) is 0 Å². The van der Waals surface area contributed by atoms with E-state index in [1.807, 2.05) is 25.1 Å². The summed E-state index contributed by atoms with van der Waals surface area (Å²) in [6, 6.07) is 8.23. The fourth-order valence-corrected chi connectivity index (χ4v) is 1.69. The van der Waals surface area contributed by atoms with Gasteiger partial charge in [-0.2, -0.15) is 0 Å². The number of benzene rings is 1. The van der Waals surface area contributed by atoms with Gasteiger partial charge in [0.1, 0.15) is 12.4 Å². The van der Waals surface area contributed by atoms with Crippen molar-refractivity contribution >= 4 is 0 Å². The predicted molar refractivity (Wildman–Crippen MR) is 70.3 cm³/mol. The van der Waals surface area contributed by atoms with E-state index in [1.54, 1.807) is 0 Å². The topological polar surface area (TPSA) is 41.5 Å². The van der Waals surface area contributed by atoms with E-state index in [2.05, 4.69) is 25.2 Å². The molecule has 96 valence electrons. The summed E-state index contributed by atoms with van der Waals surface area (Å²) in [7, 11) is 0. The van der Waals surface area contributed by atoms with Gasteiger partial charge in [0.25, 0.3) is 0 Å². The van der Waals surface area contributed by atoms with Crippen LogP contribution in [0.2, 0.25) is 0 Å². The summed E-state index contributed by atoms with van der Waals surface area (Å²) >= 11 is 0.